The Hall–Kier alpha value is -0.980. The van der Waals surface area contributed by atoms with Gasteiger partial charge in [0.2, 0.25) is 5.91 Å². The molecule has 2 fully saturated rings. The second kappa shape index (κ2) is 8.22. The maximum Gasteiger partial charge on any atom is 0.228 e. The van der Waals surface area contributed by atoms with E-state index in [1.54, 1.807) is 11.3 Å². The van der Waals surface area contributed by atoms with E-state index in [1.165, 1.54) is 12.8 Å². The molecule has 0 N–H and O–H groups in total. The van der Waals surface area contributed by atoms with Crippen molar-refractivity contribution in [3.8, 4) is 0 Å². The van der Waals surface area contributed by atoms with E-state index in [0.29, 0.717) is 12.3 Å². The van der Waals surface area contributed by atoms with Crippen molar-refractivity contribution in [1.29, 1.82) is 0 Å². The van der Waals surface area contributed by atoms with Crippen LogP contribution in [0.4, 0.5) is 0 Å². The van der Waals surface area contributed by atoms with E-state index in [1.807, 2.05) is 17.2 Å². The number of carbonyl (C=O) groups is 1. The topological polar surface area (TPSA) is 45.7 Å². The van der Waals surface area contributed by atoms with Crippen molar-refractivity contribution in [2.24, 2.45) is 5.92 Å². The van der Waals surface area contributed by atoms with Crippen LogP contribution in [0, 0.1) is 12.8 Å². The van der Waals surface area contributed by atoms with Crippen molar-refractivity contribution >= 4 is 17.2 Å². The first kappa shape index (κ1) is 16.9. The molecule has 0 radical (unpaired) electrons. The highest BCUT2D eigenvalue weighted by Gasteiger charge is 2.22. The number of ether oxygens (including phenoxy) is 1. The SMILES string of the molecule is Cc1nc(CC(=O)N2CCCN(CC3CCCOC3)CC2)cs1. The van der Waals surface area contributed by atoms with Gasteiger partial charge < -0.3 is 14.5 Å². The van der Waals surface area contributed by atoms with Crippen molar-refractivity contribution in [3.05, 3.63) is 16.1 Å². The van der Waals surface area contributed by atoms with Gasteiger partial charge in [0.05, 0.1) is 23.7 Å². The van der Waals surface area contributed by atoms with E-state index < -0.39 is 0 Å². The lowest BCUT2D eigenvalue weighted by Crippen LogP contribution is -2.38. The molecule has 3 heterocycles. The summed E-state index contributed by atoms with van der Waals surface area (Å²) in [5, 5.41) is 3.03. The number of hydrogen-bond donors (Lipinski definition) is 0. The van der Waals surface area contributed by atoms with Crippen LogP contribution in [0.1, 0.15) is 30.0 Å². The summed E-state index contributed by atoms with van der Waals surface area (Å²) in [7, 11) is 0. The zero-order valence-corrected chi connectivity index (χ0v) is 14.8. The maximum absolute atomic E-state index is 12.5. The lowest BCUT2D eigenvalue weighted by atomic mass is 10.0. The summed E-state index contributed by atoms with van der Waals surface area (Å²) in [6, 6.07) is 0. The van der Waals surface area contributed by atoms with Gasteiger partial charge in [0.15, 0.2) is 0 Å². The van der Waals surface area contributed by atoms with E-state index in [0.717, 1.165) is 63.1 Å². The first-order valence-corrected chi connectivity index (χ1v) is 9.57. The minimum absolute atomic E-state index is 0.221. The van der Waals surface area contributed by atoms with Gasteiger partial charge >= 0.3 is 0 Å². The molecule has 0 bridgehead atoms. The first-order valence-electron chi connectivity index (χ1n) is 8.69. The minimum atomic E-state index is 0.221. The molecule has 1 atom stereocenters. The van der Waals surface area contributed by atoms with Crippen LogP contribution in [0.3, 0.4) is 0 Å². The molecule has 0 aliphatic carbocycles. The highest BCUT2D eigenvalue weighted by molar-refractivity contribution is 7.09. The first-order chi connectivity index (χ1) is 11.2. The Kier molecular flexibility index (Phi) is 6.02. The Morgan fingerprint density at radius 1 is 1.35 bits per heavy atom. The second-order valence-corrected chi connectivity index (χ2v) is 7.71. The highest BCUT2D eigenvalue weighted by Crippen LogP contribution is 2.16. The van der Waals surface area contributed by atoms with Crippen LogP contribution in [-0.2, 0) is 16.0 Å². The van der Waals surface area contributed by atoms with E-state index in [2.05, 4.69) is 9.88 Å². The molecule has 128 valence electrons. The molecule has 23 heavy (non-hydrogen) atoms. The molecule has 0 saturated carbocycles. The van der Waals surface area contributed by atoms with Crippen LogP contribution in [0.5, 0.6) is 0 Å². The summed E-state index contributed by atoms with van der Waals surface area (Å²) in [6.07, 6.45) is 3.98. The fourth-order valence-corrected chi connectivity index (χ4v) is 4.09. The molecule has 5 nitrogen and oxygen atoms in total. The average Bonchev–Trinajstić information content (AvgIpc) is 2.82. The Morgan fingerprint density at radius 2 is 2.26 bits per heavy atom. The Balaban J connectivity index is 1.46. The lowest BCUT2D eigenvalue weighted by molar-refractivity contribution is -0.130. The van der Waals surface area contributed by atoms with E-state index in [4.69, 9.17) is 4.74 Å². The summed E-state index contributed by atoms with van der Waals surface area (Å²) in [6.45, 7) is 8.73. The van der Waals surface area contributed by atoms with Crippen molar-refractivity contribution in [2.75, 3.05) is 45.9 Å². The van der Waals surface area contributed by atoms with Crippen molar-refractivity contribution in [2.45, 2.75) is 32.6 Å². The smallest absolute Gasteiger partial charge is 0.228 e. The average molecular weight is 337 g/mol. The largest absolute Gasteiger partial charge is 0.381 e. The Morgan fingerprint density at radius 3 is 3.00 bits per heavy atom. The Bertz CT molecular complexity index is 514. The van der Waals surface area contributed by atoms with Gasteiger partial charge in [0, 0.05) is 38.2 Å². The fourth-order valence-electron chi connectivity index (χ4n) is 3.48. The molecule has 2 aliphatic heterocycles. The summed E-state index contributed by atoms with van der Waals surface area (Å²) >= 11 is 1.62. The van der Waals surface area contributed by atoms with Gasteiger partial charge in [-0.1, -0.05) is 0 Å². The van der Waals surface area contributed by atoms with E-state index in [9.17, 15) is 4.79 Å². The molecule has 1 amide bonds. The summed E-state index contributed by atoms with van der Waals surface area (Å²) < 4.78 is 5.59. The van der Waals surface area contributed by atoms with Gasteiger partial charge in [-0.05, 0) is 38.6 Å². The number of hydrogen-bond acceptors (Lipinski definition) is 5. The quantitative estimate of drug-likeness (QED) is 0.842. The number of amides is 1. The molecule has 2 aliphatic rings. The van der Waals surface area contributed by atoms with Crippen LogP contribution >= 0.6 is 11.3 Å². The molecule has 0 spiro atoms. The van der Waals surface area contributed by atoms with Crippen molar-refractivity contribution < 1.29 is 9.53 Å². The predicted octanol–water partition coefficient (Wildman–Crippen LogP) is 1.95. The second-order valence-electron chi connectivity index (χ2n) is 6.65. The lowest BCUT2D eigenvalue weighted by Gasteiger charge is -2.28. The third-order valence-corrected chi connectivity index (χ3v) is 5.53. The highest BCUT2D eigenvalue weighted by atomic mass is 32.1. The number of carbonyl (C=O) groups excluding carboxylic acids is 1. The van der Waals surface area contributed by atoms with E-state index >= 15 is 0 Å². The molecule has 1 aromatic rings. The van der Waals surface area contributed by atoms with Crippen LogP contribution in [0.2, 0.25) is 0 Å². The summed E-state index contributed by atoms with van der Waals surface area (Å²) in [5.74, 6) is 0.891. The van der Waals surface area contributed by atoms with Gasteiger partial charge in [0.1, 0.15) is 0 Å². The van der Waals surface area contributed by atoms with Crippen LogP contribution in [0.25, 0.3) is 0 Å². The van der Waals surface area contributed by atoms with Gasteiger partial charge in [-0.3, -0.25) is 4.79 Å². The molecule has 1 aromatic heterocycles. The Labute approximate surface area is 142 Å². The molecule has 3 rings (SSSR count). The van der Waals surface area contributed by atoms with Gasteiger partial charge in [-0.15, -0.1) is 11.3 Å². The van der Waals surface area contributed by atoms with Crippen molar-refractivity contribution in [3.63, 3.8) is 0 Å². The van der Waals surface area contributed by atoms with Gasteiger partial charge in [-0.2, -0.15) is 0 Å². The third-order valence-electron chi connectivity index (χ3n) is 4.71. The standard InChI is InChI=1S/C17H27N3O2S/c1-14-18-16(13-23-14)10-17(21)20-6-3-5-19(7-8-20)11-15-4-2-9-22-12-15/h13,15H,2-12H2,1H3. The predicted molar refractivity (Wildman–Crippen MR) is 91.7 cm³/mol. The zero-order chi connectivity index (χ0) is 16.1. The number of aromatic nitrogens is 1. The molecular weight excluding hydrogens is 310 g/mol. The fraction of sp³-hybridized carbons (Fsp3) is 0.765. The number of thiazole rings is 1. The van der Waals surface area contributed by atoms with Crippen molar-refractivity contribution in [1.82, 2.24) is 14.8 Å². The number of aryl methyl sites for hydroxylation is 1. The van der Waals surface area contributed by atoms with Gasteiger partial charge in [-0.25, -0.2) is 4.98 Å². The summed E-state index contributed by atoms with van der Waals surface area (Å²) in [5.41, 5.74) is 0.915. The van der Waals surface area contributed by atoms with Crippen LogP contribution in [-0.4, -0.2) is 66.6 Å². The molecular formula is C17H27N3O2S. The van der Waals surface area contributed by atoms with E-state index in [-0.39, 0.29) is 5.91 Å². The maximum atomic E-state index is 12.5. The van der Waals surface area contributed by atoms with Crippen LogP contribution in [0.15, 0.2) is 5.38 Å². The zero-order valence-electron chi connectivity index (χ0n) is 14.0. The third kappa shape index (κ3) is 4.99. The molecule has 1 unspecified atom stereocenters. The number of rotatable bonds is 4. The minimum Gasteiger partial charge on any atom is -0.381 e. The number of nitrogens with zero attached hydrogens (tertiary/aromatic N) is 3. The summed E-state index contributed by atoms with van der Waals surface area (Å²) in [4.78, 5) is 21.4. The normalized spacial score (nSPS) is 23.7. The molecule has 6 heteroatoms. The molecule has 0 aromatic carbocycles. The molecule has 2 saturated heterocycles. The van der Waals surface area contributed by atoms with Gasteiger partial charge in [0.25, 0.3) is 0 Å². The monoisotopic (exact) mass is 337 g/mol. The van der Waals surface area contributed by atoms with Crippen LogP contribution < -0.4 is 0 Å².